The number of fused-ring (bicyclic) bond motifs is 2. The van der Waals surface area contributed by atoms with Gasteiger partial charge >= 0.3 is 0 Å². The molecule has 1 atom stereocenters. The molecule has 1 unspecified atom stereocenters. The zero-order chi connectivity index (χ0) is 29.2. The van der Waals surface area contributed by atoms with E-state index in [4.69, 9.17) is 18.9 Å². The van der Waals surface area contributed by atoms with Crippen LogP contribution >= 0.6 is 0 Å². The minimum Gasteiger partial charge on any atom is -0.454 e. The molecule has 13 nitrogen and oxygen atoms in total. The van der Waals surface area contributed by atoms with Crippen LogP contribution < -0.4 is 29.2 Å². The Balaban J connectivity index is 1.07. The van der Waals surface area contributed by atoms with Crippen LogP contribution in [0.25, 0.3) is 5.82 Å². The number of amides is 2. The Labute approximate surface area is 247 Å². The molecule has 3 aliphatic rings. The predicted molar refractivity (Wildman–Crippen MR) is 152 cm³/mol. The van der Waals surface area contributed by atoms with Crippen LogP contribution in [-0.4, -0.2) is 82.0 Å². The Morgan fingerprint density at radius 1 is 0.860 bits per heavy atom. The van der Waals surface area contributed by atoms with Crippen LogP contribution in [-0.2, 0) is 22.4 Å². The summed E-state index contributed by atoms with van der Waals surface area (Å²) in [6, 6.07) is 12.3. The highest BCUT2D eigenvalue weighted by molar-refractivity contribution is 5.89. The van der Waals surface area contributed by atoms with Gasteiger partial charge in [0.1, 0.15) is 30.3 Å². The highest BCUT2D eigenvalue weighted by atomic mass is 16.7. The van der Waals surface area contributed by atoms with Crippen LogP contribution in [0.1, 0.15) is 11.1 Å². The number of carbonyl (C=O) groups is 2. The van der Waals surface area contributed by atoms with Crippen molar-refractivity contribution in [1.29, 1.82) is 0 Å². The monoisotopic (exact) mass is 583 g/mol. The first-order chi connectivity index (χ1) is 21.1. The van der Waals surface area contributed by atoms with Crippen LogP contribution in [0.15, 0.2) is 67.5 Å². The van der Waals surface area contributed by atoms with Gasteiger partial charge in [0, 0.05) is 44.6 Å². The van der Waals surface area contributed by atoms with Crippen LogP contribution in [0.4, 0.5) is 5.82 Å². The largest absolute Gasteiger partial charge is 0.454 e. The molecule has 43 heavy (non-hydrogen) atoms. The first-order valence-corrected chi connectivity index (χ1v) is 14.0. The fraction of sp³-hybridized carbons (Fsp3) is 0.300. The molecule has 2 aromatic heterocycles. The molecule has 5 heterocycles. The van der Waals surface area contributed by atoms with Gasteiger partial charge < -0.3 is 34.1 Å². The standard InChI is InChI=1S/C30H29N7O6/c38-29(13-21-2-4-24-26(12-21)43-19-41-24)37-10-9-35(27-14-28(34-16-33-27)36-8-7-31-17-36)15-22(37)30(39)32-6-5-20-1-3-23-25(11-20)42-18-40-23/h1-4,7-8,11-12,14,16-17,22H,5-6,9-10,13,15,18-19H2,(H,32,39). The van der Waals surface area contributed by atoms with Crippen molar-refractivity contribution in [2.45, 2.75) is 18.9 Å². The molecule has 3 aliphatic heterocycles. The Kier molecular flexibility index (Phi) is 7.11. The second-order valence-electron chi connectivity index (χ2n) is 10.3. The van der Waals surface area contributed by atoms with Gasteiger partial charge in [-0.15, -0.1) is 0 Å². The number of hydrogen-bond donors (Lipinski definition) is 1. The van der Waals surface area contributed by atoms with E-state index in [1.807, 2.05) is 41.3 Å². The van der Waals surface area contributed by atoms with E-state index in [1.54, 1.807) is 34.3 Å². The van der Waals surface area contributed by atoms with Gasteiger partial charge in [-0.1, -0.05) is 12.1 Å². The zero-order valence-corrected chi connectivity index (χ0v) is 23.2. The summed E-state index contributed by atoms with van der Waals surface area (Å²) in [4.78, 5) is 43.9. The first-order valence-electron chi connectivity index (χ1n) is 14.0. The van der Waals surface area contributed by atoms with Crippen LogP contribution in [0, 0.1) is 0 Å². The molecule has 0 aliphatic carbocycles. The number of aromatic nitrogens is 4. The maximum atomic E-state index is 13.7. The quantitative estimate of drug-likeness (QED) is 0.327. The number of piperazine rings is 1. The number of rotatable bonds is 8. The lowest BCUT2D eigenvalue weighted by Crippen LogP contribution is -2.61. The van der Waals surface area contributed by atoms with Gasteiger partial charge in [0.25, 0.3) is 0 Å². The normalized spacial score (nSPS) is 16.8. The van der Waals surface area contributed by atoms with E-state index < -0.39 is 6.04 Å². The molecule has 2 aromatic carbocycles. The van der Waals surface area contributed by atoms with Crippen molar-refractivity contribution >= 4 is 17.6 Å². The Bertz CT molecular complexity index is 1650. The molecule has 7 rings (SSSR count). The molecule has 0 saturated carbocycles. The fourth-order valence-electron chi connectivity index (χ4n) is 5.43. The molecule has 1 fully saturated rings. The molecule has 0 spiro atoms. The summed E-state index contributed by atoms with van der Waals surface area (Å²) in [5.74, 6) is 3.65. The Hall–Kier alpha value is -5.33. The van der Waals surface area contributed by atoms with Crippen molar-refractivity contribution in [3.8, 4) is 28.8 Å². The highest BCUT2D eigenvalue weighted by Gasteiger charge is 2.36. The van der Waals surface area contributed by atoms with E-state index in [2.05, 4.69) is 20.3 Å². The van der Waals surface area contributed by atoms with Crippen molar-refractivity contribution in [3.05, 3.63) is 78.6 Å². The summed E-state index contributed by atoms with van der Waals surface area (Å²) >= 11 is 0. The fourth-order valence-corrected chi connectivity index (χ4v) is 5.43. The number of anilines is 1. The SMILES string of the molecule is O=C(NCCc1ccc2c(c1)OCO2)C1CN(c2cc(-n3ccnc3)ncn2)CCN1C(=O)Cc1ccc2c(c1)OCO2. The third-order valence-corrected chi connectivity index (χ3v) is 7.68. The van der Waals surface area contributed by atoms with Gasteiger partial charge in [-0.2, -0.15) is 0 Å². The number of ether oxygens (including phenoxy) is 4. The highest BCUT2D eigenvalue weighted by Crippen LogP contribution is 2.33. The lowest BCUT2D eigenvalue weighted by atomic mass is 10.1. The minimum atomic E-state index is -0.723. The molecular formula is C30H29N7O6. The molecule has 2 amide bonds. The van der Waals surface area contributed by atoms with Gasteiger partial charge in [-0.25, -0.2) is 15.0 Å². The molecule has 220 valence electrons. The number of benzene rings is 2. The molecule has 0 radical (unpaired) electrons. The van der Waals surface area contributed by atoms with E-state index in [9.17, 15) is 9.59 Å². The molecule has 1 N–H and O–H groups in total. The number of imidazole rings is 1. The van der Waals surface area contributed by atoms with Gasteiger partial charge in [-0.05, 0) is 41.8 Å². The minimum absolute atomic E-state index is 0.135. The third-order valence-electron chi connectivity index (χ3n) is 7.68. The lowest BCUT2D eigenvalue weighted by Gasteiger charge is -2.41. The number of carbonyl (C=O) groups excluding carboxylic acids is 2. The lowest BCUT2D eigenvalue weighted by molar-refractivity contribution is -0.140. The van der Waals surface area contributed by atoms with E-state index in [-0.39, 0.29) is 38.4 Å². The number of nitrogens with one attached hydrogen (secondary N) is 1. The van der Waals surface area contributed by atoms with E-state index in [0.29, 0.717) is 60.7 Å². The second kappa shape index (κ2) is 11.5. The van der Waals surface area contributed by atoms with Crippen molar-refractivity contribution in [1.82, 2.24) is 29.7 Å². The van der Waals surface area contributed by atoms with Crippen molar-refractivity contribution in [2.75, 3.05) is 44.7 Å². The second-order valence-corrected chi connectivity index (χ2v) is 10.3. The predicted octanol–water partition coefficient (Wildman–Crippen LogP) is 1.74. The maximum absolute atomic E-state index is 13.7. The number of nitrogens with zero attached hydrogens (tertiary/aromatic N) is 6. The molecule has 1 saturated heterocycles. The topological polar surface area (TPSA) is 133 Å². The summed E-state index contributed by atoms with van der Waals surface area (Å²) in [7, 11) is 0. The van der Waals surface area contributed by atoms with E-state index >= 15 is 0 Å². The van der Waals surface area contributed by atoms with Crippen LogP contribution in [0.3, 0.4) is 0 Å². The Morgan fingerprint density at radius 3 is 2.35 bits per heavy atom. The summed E-state index contributed by atoms with van der Waals surface area (Å²) < 4.78 is 23.5. The zero-order valence-electron chi connectivity index (χ0n) is 23.2. The molecule has 4 aromatic rings. The third kappa shape index (κ3) is 5.61. The van der Waals surface area contributed by atoms with Gasteiger partial charge in [0.05, 0.1) is 6.42 Å². The summed E-state index contributed by atoms with van der Waals surface area (Å²) in [5.41, 5.74) is 1.80. The summed E-state index contributed by atoms with van der Waals surface area (Å²) in [6.45, 7) is 1.91. The van der Waals surface area contributed by atoms with Crippen LogP contribution in [0.2, 0.25) is 0 Å². The van der Waals surface area contributed by atoms with Crippen molar-refractivity contribution < 1.29 is 28.5 Å². The summed E-state index contributed by atoms with van der Waals surface area (Å²) in [5, 5.41) is 3.04. The maximum Gasteiger partial charge on any atom is 0.244 e. The van der Waals surface area contributed by atoms with Gasteiger partial charge in [0.15, 0.2) is 23.0 Å². The average Bonchev–Trinajstić information content (AvgIpc) is 3.83. The first kappa shape index (κ1) is 26.6. The van der Waals surface area contributed by atoms with E-state index in [1.165, 1.54) is 6.33 Å². The summed E-state index contributed by atoms with van der Waals surface area (Å²) in [6.07, 6.45) is 7.36. The van der Waals surface area contributed by atoms with Gasteiger partial charge in [-0.3, -0.25) is 14.2 Å². The molecule has 0 bridgehead atoms. The van der Waals surface area contributed by atoms with E-state index in [0.717, 1.165) is 11.1 Å². The smallest absolute Gasteiger partial charge is 0.244 e. The van der Waals surface area contributed by atoms with Crippen molar-refractivity contribution in [3.63, 3.8) is 0 Å². The Morgan fingerprint density at radius 2 is 1.58 bits per heavy atom. The molecule has 13 heteroatoms. The van der Waals surface area contributed by atoms with Crippen molar-refractivity contribution in [2.24, 2.45) is 0 Å². The average molecular weight is 584 g/mol. The van der Waals surface area contributed by atoms with Gasteiger partial charge in [0.2, 0.25) is 25.4 Å². The van der Waals surface area contributed by atoms with Crippen LogP contribution in [0.5, 0.6) is 23.0 Å². The number of hydrogen-bond acceptors (Lipinski definition) is 10. The molecular weight excluding hydrogens is 554 g/mol.